The Labute approximate surface area is 106 Å². The first kappa shape index (κ1) is 13.1. The molecule has 1 saturated carbocycles. The van der Waals surface area contributed by atoms with Gasteiger partial charge < -0.3 is 20.4 Å². The minimum absolute atomic E-state index is 0.0736. The van der Waals surface area contributed by atoms with Crippen LogP contribution >= 0.6 is 0 Å². The molecule has 18 heavy (non-hydrogen) atoms. The fourth-order valence-corrected chi connectivity index (χ4v) is 2.64. The van der Waals surface area contributed by atoms with E-state index in [0.29, 0.717) is 13.1 Å². The molecule has 0 bridgehead atoms. The van der Waals surface area contributed by atoms with Crippen LogP contribution in [0.15, 0.2) is 0 Å². The lowest BCUT2D eigenvalue weighted by Crippen LogP contribution is -2.57. The Balaban J connectivity index is 1.71. The summed E-state index contributed by atoms with van der Waals surface area (Å²) in [6.07, 6.45) is 3.28. The molecule has 1 heterocycles. The minimum atomic E-state index is -0.817. The standard InChI is InChI=1S/C12H20N2O4/c15-10-4-2-1-3-9(10)13-12(18)14-6-8(7-14)5-11(16)17/h8-10,15H,1-7H2,(H,13,18)(H,16,17). The van der Waals surface area contributed by atoms with Crippen LogP contribution in [-0.2, 0) is 4.79 Å². The fraction of sp³-hybridized carbons (Fsp3) is 0.833. The van der Waals surface area contributed by atoms with Crippen LogP contribution in [0.25, 0.3) is 0 Å². The summed E-state index contributed by atoms with van der Waals surface area (Å²) in [6.45, 7) is 1.00. The van der Waals surface area contributed by atoms with E-state index in [1.807, 2.05) is 0 Å². The van der Waals surface area contributed by atoms with Gasteiger partial charge in [0.05, 0.1) is 18.6 Å². The van der Waals surface area contributed by atoms with Crippen LogP contribution in [-0.4, -0.2) is 52.3 Å². The van der Waals surface area contributed by atoms with Crippen LogP contribution in [0.2, 0.25) is 0 Å². The lowest BCUT2D eigenvalue weighted by atomic mass is 9.92. The second-order valence-electron chi connectivity index (χ2n) is 5.28. The number of carbonyl (C=O) groups excluding carboxylic acids is 1. The number of carboxylic acid groups (broad SMARTS) is 1. The van der Waals surface area contributed by atoms with Gasteiger partial charge in [0.1, 0.15) is 0 Å². The largest absolute Gasteiger partial charge is 0.481 e. The molecule has 2 aliphatic rings. The summed E-state index contributed by atoms with van der Waals surface area (Å²) in [6, 6.07) is -0.327. The highest BCUT2D eigenvalue weighted by Crippen LogP contribution is 2.21. The van der Waals surface area contributed by atoms with Crippen molar-refractivity contribution in [3.05, 3.63) is 0 Å². The summed E-state index contributed by atoms with van der Waals surface area (Å²) in [5.74, 6) is -0.743. The molecule has 0 aromatic rings. The molecule has 2 rings (SSSR count). The Morgan fingerprint density at radius 3 is 2.50 bits per heavy atom. The molecule has 0 aromatic heterocycles. The Morgan fingerprint density at radius 2 is 1.89 bits per heavy atom. The summed E-state index contributed by atoms with van der Waals surface area (Å²) in [7, 11) is 0. The Kier molecular flexibility index (Phi) is 4.06. The third kappa shape index (κ3) is 3.13. The van der Waals surface area contributed by atoms with Gasteiger partial charge >= 0.3 is 12.0 Å². The molecular weight excluding hydrogens is 236 g/mol. The van der Waals surface area contributed by atoms with Crippen LogP contribution in [0, 0.1) is 5.92 Å². The molecule has 0 aromatic carbocycles. The van der Waals surface area contributed by atoms with Crippen LogP contribution in [0.1, 0.15) is 32.1 Å². The van der Waals surface area contributed by atoms with Crippen molar-refractivity contribution in [3.63, 3.8) is 0 Å². The maximum absolute atomic E-state index is 11.8. The molecule has 1 aliphatic heterocycles. The lowest BCUT2D eigenvalue weighted by Gasteiger charge is -2.40. The predicted octanol–water partition coefficient (Wildman–Crippen LogP) is 0.406. The zero-order chi connectivity index (χ0) is 13.1. The van der Waals surface area contributed by atoms with E-state index in [0.717, 1.165) is 25.7 Å². The fourth-order valence-electron chi connectivity index (χ4n) is 2.64. The summed E-state index contributed by atoms with van der Waals surface area (Å²) < 4.78 is 0. The van der Waals surface area contributed by atoms with Crippen LogP contribution in [0.4, 0.5) is 4.79 Å². The number of carbonyl (C=O) groups is 2. The van der Waals surface area contributed by atoms with Gasteiger partial charge in [0, 0.05) is 19.0 Å². The highest BCUT2D eigenvalue weighted by Gasteiger charge is 2.34. The number of rotatable bonds is 3. The normalized spacial score (nSPS) is 28.6. The molecule has 1 saturated heterocycles. The molecule has 6 nitrogen and oxygen atoms in total. The average molecular weight is 256 g/mol. The average Bonchev–Trinajstić information content (AvgIpc) is 2.25. The first-order chi connectivity index (χ1) is 8.56. The minimum Gasteiger partial charge on any atom is -0.481 e. The second kappa shape index (κ2) is 5.56. The van der Waals surface area contributed by atoms with Crippen molar-refractivity contribution in [2.45, 2.75) is 44.2 Å². The summed E-state index contributed by atoms with van der Waals surface area (Å²) in [5.41, 5.74) is 0. The molecule has 1 aliphatic carbocycles. The Hall–Kier alpha value is -1.30. The van der Waals surface area contributed by atoms with Crippen molar-refractivity contribution in [2.75, 3.05) is 13.1 Å². The summed E-state index contributed by atoms with van der Waals surface area (Å²) >= 11 is 0. The molecule has 2 amide bonds. The van der Waals surface area contributed by atoms with E-state index in [9.17, 15) is 14.7 Å². The Bertz CT molecular complexity index is 328. The molecule has 2 unspecified atom stereocenters. The number of nitrogens with zero attached hydrogens (tertiary/aromatic N) is 1. The number of aliphatic carboxylic acids is 1. The van der Waals surface area contributed by atoms with E-state index < -0.39 is 12.1 Å². The van der Waals surface area contributed by atoms with Gasteiger partial charge in [-0.3, -0.25) is 4.79 Å². The number of aliphatic hydroxyl groups is 1. The zero-order valence-corrected chi connectivity index (χ0v) is 10.3. The van der Waals surface area contributed by atoms with Gasteiger partial charge in [-0.2, -0.15) is 0 Å². The maximum Gasteiger partial charge on any atom is 0.317 e. The third-order valence-electron chi connectivity index (χ3n) is 3.75. The molecule has 2 fully saturated rings. The zero-order valence-electron chi connectivity index (χ0n) is 10.3. The molecule has 6 heteroatoms. The SMILES string of the molecule is O=C(O)CC1CN(C(=O)NC2CCCCC2O)C1. The number of hydrogen-bond acceptors (Lipinski definition) is 3. The number of likely N-dealkylation sites (tertiary alicyclic amines) is 1. The third-order valence-corrected chi connectivity index (χ3v) is 3.75. The van der Waals surface area contributed by atoms with E-state index in [-0.39, 0.29) is 24.4 Å². The van der Waals surface area contributed by atoms with Crippen LogP contribution in [0.3, 0.4) is 0 Å². The van der Waals surface area contributed by atoms with Gasteiger partial charge in [0.25, 0.3) is 0 Å². The van der Waals surface area contributed by atoms with E-state index in [2.05, 4.69) is 5.32 Å². The summed E-state index contributed by atoms with van der Waals surface area (Å²) in [4.78, 5) is 23.9. The second-order valence-corrected chi connectivity index (χ2v) is 5.28. The van der Waals surface area contributed by atoms with Gasteiger partial charge in [-0.1, -0.05) is 12.8 Å². The van der Waals surface area contributed by atoms with Gasteiger partial charge in [0.2, 0.25) is 0 Å². The van der Waals surface area contributed by atoms with Gasteiger partial charge in [-0.15, -0.1) is 0 Å². The molecule has 102 valence electrons. The number of aliphatic hydroxyl groups excluding tert-OH is 1. The predicted molar refractivity (Wildman–Crippen MR) is 64.1 cm³/mol. The topological polar surface area (TPSA) is 89.9 Å². The number of carboxylic acids is 1. The quantitative estimate of drug-likeness (QED) is 0.682. The van der Waals surface area contributed by atoms with Gasteiger partial charge in [-0.25, -0.2) is 4.79 Å². The lowest BCUT2D eigenvalue weighted by molar-refractivity contribution is -0.139. The highest BCUT2D eigenvalue weighted by atomic mass is 16.4. The van der Waals surface area contributed by atoms with Crippen molar-refractivity contribution in [3.8, 4) is 0 Å². The highest BCUT2D eigenvalue weighted by molar-refractivity contribution is 5.76. The van der Waals surface area contributed by atoms with E-state index in [4.69, 9.17) is 5.11 Å². The van der Waals surface area contributed by atoms with Crippen molar-refractivity contribution in [2.24, 2.45) is 5.92 Å². The number of nitrogens with one attached hydrogen (secondary N) is 1. The first-order valence-electron chi connectivity index (χ1n) is 6.51. The molecular formula is C12H20N2O4. The number of hydrogen-bond donors (Lipinski definition) is 3. The van der Waals surface area contributed by atoms with Crippen molar-refractivity contribution < 1.29 is 19.8 Å². The van der Waals surface area contributed by atoms with Crippen molar-refractivity contribution >= 4 is 12.0 Å². The monoisotopic (exact) mass is 256 g/mol. The van der Waals surface area contributed by atoms with Crippen molar-refractivity contribution in [1.82, 2.24) is 10.2 Å². The number of amides is 2. The maximum atomic E-state index is 11.8. The van der Waals surface area contributed by atoms with Crippen molar-refractivity contribution in [1.29, 1.82) is 0 Å². The van der Waals surface area contributed by atoms with Gasteiger partial charge in [0.15, 0.2) is 0 Å². The molecule has 0 radical (unpaired) electrons. The van der Waals surface area contributed by atoms with Crippen LogP contribution < -0.4 is 5.32 Å². The van der Waals surface area contributed by atoms with Crippen LogP contribution in [0.5, 0.6) is 0 Å². The number of urea groups is 1. The molecule has 0 spiro atoms. The van der Waals surface area contributed by atoms with E-state index >= 15 is 0 Å². The van der Waals surface area contributed by atoms with Gasteiger partial charge in [-0.05, 0) is 12.8 Å². The van der Waals surface area contributed by atoms with E-state index in [1.165, 1.54) is 0 Å². The first-order valence-corrected chi connectivity index (χ1v) is 6.51. The molecule has 2 atom stereocenters. The van der Waals surface area contributed by atoms with E-state index in [1.54, 1.807) is 4.90 Å². The Morgan fingerprint density at radius 1 is 1.22 bits per heavy atom. The smallest absolute Gasteiger partial charge is 0.317 e. The molecule has 3 N–H and O–H groups in total. The summed E-state index contributed by atoms with van der Waals surface area (Å²) in [5, 5.41) is 21.2.